The van der Waals surface area contributed by atoms with Crippen LogP contribution in [0.1, 0.15) is 29.6 Å². The quantitative estimate of drug-likeness (QED) is 0.799. The Hall–Kier alpha value is -0.980. The van der Waals surface area contributed by atoms with Gasteiger partial charge >= 0.3 is 0 Å². The lowest BCUT2D eigenvalue weighted by atomic mass is 10.1. The van der Waals surface area contributed by atoms with Crippen molar-refractivity contribution in [2.24, 2.45) is 5.92 Å². The summed E-state index contributed by atoms with van der Waals surface area (Å²) in [6.45, 7) is 0.530. The zero-order chi connectivity index (χ0) is 15.6. The summed E-state index contributed by atoms with van der Waals surface area (Å²) >= 11 is 5.86. The third kappa shape index (κ3) is 4.25. The molecular formula is C13H15Cl2NO4S. The second-order valence-electron chi connectivity index (χ2n) is 4.91. The number of halogens is 2. The van der Waals surface area contributed by atoms with Gasteiger partial charge in [0.05, 0.1) is 12.7 Å². The van der Waals surface area contributed by atoms with E-state index in [1.807, 2.05) is 0 Å². The molecule has 2 rings (SSSR count). The molecule has 0 spiro atoms. The van der Waals surface area contributed by atoms with E-state index >= 15 is 0 Å². The minimum Gasteiger partial charge on any atom is -0.494 e. The average molecular weight is 352 g/mol. The van der Waals surface area contributed by atoms with E-state index in [1.54, 1.807) is 0 Å². The number of hydrogen-bond acceptors (Lipinski definition) is 4. The lowest BCUT2D eigenvalue weighted by molar-refractivity contribution is 0.0949. The molecule has 5 nitrogen and oxygen atoms in total. The summed E-state index contributed by atoms with van der Waals surface area (Å²) in [6.07, 6.45) is 3.31. The first-order valence-corrected chi connectivity index (χ1v) is 9.12. The molecule has 0 radical (unpaired) electrons. The highest BCUT2D eigenvalue weighted by atomic mass is 35.7. The molecule has 1 aliphatic rings. The molecule has 116 valence electrons. The first kappa shape index (κ1) is 16.4. The Labute approximate surface area is 133 Å². The molecular weight excluding hydrogens is 337 g/mol. The Morgan fingerprint density at radius 1 is 1.43 bits per heavy atom. The van der Waals surface area contributed by atoms with Crippen LogP contribution in [0.2, 0.25) is 5.02 Å². The zero-order valence-corrected chi connectivity index (χ0v) is 13.7. The van der Waals surface area contributed by atoms with Gasteiger partial charge in [0.1, 0.15) is 4.90 Å². The number of ether oxygens (including phenoxy) is 1. The lowest BCUT2D eigenvalue weighted by Gasteiger charge is -2.12. The number of rotatable bonds is 6. The van der Waals surface area contributed by atoms with Crippen molar-refractivity contribution in [3.63, 3.8) is 0 Å². The fourth-order valence-corrected chi connectivity index (χ4v) is 3.33. The third-order valence-corrected chi connectivity index (χ3v) is 4.81. The maximum Gasteiger partial charge on any atom is 0.265 e. The van der Waals surface area contributed by atoms with Crippen LogP contribution in [-0.2, 0) is 9.05 Å². The Kier molecular flexibility index (Phi) is 5.01. The van der Waals surface area contributed by atoms with Gasteiger partial charge in [-0.1, -0.05) is 24.4 Å². The maximum atomic E-state index is 12.2. The Morgan fingerprint density at radius 2 is 2.10 bits per heavy atom. The number of amides is 1. The minimum absolute atomic E-state index is 0.0556. The summed E-state index contributed by atoms with van der Waals surface area (Å²) in [7, 11) is 2.56. The number of methoxy groups -OCH3 is 1. The van der Waals surface area contributed by atoms with Crippen LogP contribution in [0, 0.1) is 5.92 Å². The molecule has 1 saturated carbocycles. The van der Waals surface area contributed by atoms with Gasteiger partial charge in [0.15, 0.2) is 5.75 Å². The van der Waals surface area contributed by atoms with Gasteiger partial charge in [0.25, 0.3) is 15.0 Å². The average Bonchev–Trinajstić information content (AvgIpc) is 3.20. The monoisotopic (exact) mass is 351 g/mol. The van der Waals surface area contributed by atoms with Crippen molar-refractivity contribution in [1.29, 1.82) is 0 Å². The van der Waals surface area contributed by atoms with Crippen LogP contribution < -0.4 is 10.1 Å². The largest absolute Gasteiger partial charge is 0.494 e. The Morgan fingerprint density at radius 3 is 2.62 bits per heavy atom. The fraction of sp³-hybridized carbons (Fsp3) is 0.462. The number of benzene rings is 1. The smallest absolute Gasteiger partial charge is 0.265 e. The Balaban J connectivity index is 2.28. The molecule has 1 amide bonds. The van der Waals surface area contributed by atoms with E-state index in [4.69, 9.17) is 27.0 Å². The van der Waals surface area contributed by atoms with E-state index in [9.17, 15) is 13.2 Å². The maximum absolute atomic E-state index is 12.2. The molecule has 1 aromatic carbocycles. The van der Waals surface area contributed by atoms with Crippen LogP contribution >= 0.6 is 22.3 Å². The van der Waals surface area contributed by atoms with E-state index in [1.165, 1.54) is 26.0 Å². The molecule has 0 aliphatic heterocycles. The highest BCUT2D eigenvalue weighted by molar-refractivity contribution is 8.13. The number of nitrogens with one attached hydrogen (secondary N) is 1. The lowest BCUT2D eigenvalue weighted by Crippen LogP contribution is -2.25. The minimum atomic E-state index is -4.07. The summed E-state index contributed by atoms with van der Waals surface area (Å²) in [5, 5.41) is 2.83. The van der Waals surface area contributed by atoms with Gasteiger partial charge in [-0.05, 0) is 24.5 Å². The molecule has 8 heteroatoms. The summed E-state index contributed by atoms with van der Waals surface area (Å²) in [4.78, 5) is 11.9. The molecule has 1 aromatic rings. The Bertz CT molecular complexity index is 656. The molecule has 0 bridgehead atoms. The summed E-state index contributed by atoms with van der Waals surface area (Å²) in [6, 6.07) is 2.52. The molecule has 0 saturated heterocycles. The van der Waals surface area contributed by atoms with Crippen molar-refractivity contribution < 1.29 is 17.9 Å². The second-order valence-corrected chi connectivity index (χ2v) is 7.88. The number of carbonyl (C=O) groups excluding carboxylic acids is 1. The predicted molar refractivity (Wildman–Crippen MR) is 80.7 cm³/mol. The van der Waals surface area contributed by atoms with Crippen LogP contribution in [0.15, 0.2) is 17.0 Å². The van der Waals surface area contributed by atoms with E-state index in [0.717, 1.165) is 12.5 Å². The van der Waals surface area contributed by atoms with Crippen molar-refractivity contribution in [1.82, 2.24) is 5.32 Å². The van der Waals surface area contributed by atoms with Gasteiger partial charge in [-0.3, -0.25) is 4.79 Å². The van der Waals surface area contributed by atoms with Gasteiger partial charge in [-0.2, -0.15) is 0 Å². The number of hydrogen-bond donors (Lipinski definition) is 1. The standard InChI is InChI=1S/C13H15Cl2NO4S/c1-20-12-10(13(17)16-5-4-8-2-3-8)6-9(14)7-11(12)21(15,18)19/h6-8H,2-5H2,1H3,(H,16,17). The normalized spacial score (nSPS) is 14.8. The van der Waals surface area contributed by atoms with Gasteiger partial charge in [-0.25, -0.2) is 8.42 Å². The van der Waals surface area contributed by atoms with Crippen molar-refractivity contribution in [3.05, 3.63) is 22.7 Å². The van der Waals surface area contributed by atoms with Crippen LogP contribution in [0.5, 0.6) is 5.75 Å². The summed E-state index contributed by atoms with van der Waals surface area (Å²) < 4.78 is 28.1. The SMILES string of the molecule is COc1c(C(=O)NCCC2CC2)cc(Cl)cc1S(=O)(=O)Cl. The van der Waals surface area contributed by atoms with Gasteiger partial charge in [-0.15, -0.1) is 0 Å². The molecule has 0 unspecified atom stereocenters. The molecule has 0 atom stereocenters. The van der Waals surface area contributed by atoms with E-state index < -0.39 is 15.0 Å². The molecule has 1 fully saturated rings. The molecule has 0 heterocycles. The molecule has 1 aliphatic carbocycles. The van der Waals surface area contributed by atoms with E-state index in [2.05, 4.69) is 5.32 Å². The number of carbonyl (C=O) groups is 1. The highest BCUT2D eigenvalue weighted by Gasteiger charge is 2.25. The predicted octanol–water partition coefficient (Wildman–Crippen LogP) is 2.81. The fourth-order valence-electron chi connectivity index (χ4n) is 2.02. The van der Waals surface area contributed by atoms with Crippen molar-refractivity contribution in [2.75, 3.05) is 13.7 Å². The summed E-state index contributed by atoms with van der Waals surface area (Å²) in [5.74, 6) is 0.153. The van der Waals surface area contributed by atoms with Crippen LogP contribution in [0.25, 0.3) is 0 Å². The van der Waals surface area contributed by atoms with Crippen molar-refractivity contribution >= 4 is 37.2 Å². The first-order valence-electron chi connectivity index (χ1n) is 6.43. The molecule has 1 N–H and O–H groups in total. The zero-order valence-electron chi connectivity index (χ0n) is 11.4. The van der Waals surface area contributed by atoms with Crippen LogP contribution in [0.4, 0.5) is 0 Å². The third-order valence-electron chi connectivity index (χ3n) is 3.27. The molecule has 21 heavy (non-hydrogen) atoms. The van der Waals surface area contributed by atoms with Gasteiger partial charge in [0.2, 0.25) is 0 Å². The van der Waals surface area contributed by atoms with Gasteiger partial charge in [0, 0.05) is 22.2 Å². The first-order chi connectivity index (χ1) is 9.82. The molecule has 0 aromatic heterocycles. The van der Waals surface area contributed by atoms with Crippen LogP contribution in [0.3, 0.4) is 0 Å². The van der Waals surface area contributed by atoms with Gasteiger partial charge < -0.3 is 10.1 Å². The highest BCUT2D eigenvalue weighted by Crippen LogP contribution is 2.34. The van der Waals surface area contributed by atoms with E-state index in [0.29, 0.717) is 12.5 Å². The van der Waals surface area contributed by atoms with Crippen molar-refractivity contribution in [2.45, 2.75) is 24.2 Å². The van der Waals surface area contributed by atoms with Crippen molar-refractivity contribution in [3.8, 4) is 5.75 Å². The second kappa shape index (κ2) is 6.42. The van der Waals surface area contributed by atoms with E-state index in [-0.39, 0.29) is 21.2 Å². The summed E-state index contributed by atoms with van der Waals surface area (Å²) in [5.41, 5.74) is 0.0556. The topological polar surface area (TPSA) is 72.5 Å². The van der Waals surface area contributed by atoms with Crippen LogP contribution in [-0.4, -0.2) is 28.0 Å².